The van der Waals surface area contributed by atoms with Crippen LogP contribution < -0.4 is 10.0 Å². The normalized spacial score (nSPS) is 13.6. The van der Waals surface area contributed by atoms with Gasteiger partial charge in [0.2, 0.25) is 0 Å². The van der Waals surface area contributed by atoms with Gasteiger partial charge in [0.15, 0.2) is 0 Å². The first kappa shape index (κ1) is 22.0. The van der Waals surface area contributed by atoms with Gasteiger partial charge in [-0.2, -0.15) is 0 Å². The maximum atomic E-state index is 14.5. The van der Waals surface area contributed by atoms with Crippen molar-refractivity contribution in [3.63, 3.8) is 0 Å². The lowest BCUT2D eigenvalue weighted by Crippen LogP contribution is -2.22. The minimum atomic E-state index is -0.701. The second-order valence-electron chi connectivity index (χ2n) is 7.72. The van der Waals surface area contributed by atoms with E-state index in [-0.39, 0.29) is 22.9 Å². The van der Waals surface area contributed by atoms with E-state index in [0.29, 0.717) is 17.9 Å². The Kier molecular flexibility index (Phi) is 7.04. The number of nitrogens with one attached hydrogen (secondary N) is 2. The second-order valence-corrected chi connectivity index (χ2v) is 9.25. The zero-order valence-corrected chi connectivity index (χ0v) is 18.6. The zero-order chi connectivity index (χ0) is 21.8. The third-order valence-corrected chi connectivity index (χ3v) is 6.57. The minimum Gasteiger partial charge on any atom is -0.381 e. The van der Waals surface area contributed by atoms with Gasteiger partial charge in [0, 0.05) is 36.3 Å². The summed E-state index contributed by atoms with van der Waals surface area (Å²) in [5.41, 5.74) is 3.27. The summed E-state index contributed by atoms with van der Waals surface area (Å²) in [5, 5.41) is 4.71. The molecule has 1 aromatic heterocycles. The van der Waals surface area contributed by atoms with Crippen LogP contribution in [-0.4, -0.2) is 23.5 Å². The van der Waals surface area contributed by atoms with Crippen LogP contribution in [0.1, 0.15) is 24.0 Å². The fourth-order valence-electron chi connectivity index (χ4n) is 3.36. The quantitative estimate of drug-likeness (QED) is 0.353. The number of nitrogens with zero attached hydrogens (tertiary/aromatic N) is 2. The Labute approximate surface area is 188 Å². The van der Waals surface area contributed by atoms with E-state index in [2.05, 4.69) is 19.9 Å². The summed E-state index contributed by atoms with van der Waals surface area (Å²) >= 11 is 2.21. The number of rotatable bonds is 10. The highest BCUT2D eigenvalue weighted by atomic mass is 32.2. The van der Waals surface area contributed by atoms with Crippen LogP contribution in [0.4, 0.5) is 24.7 Å². The largest absolute Gasteiger partial charge is 0.381 e. The molecule has 2 aromatic carbocycles. The average Bonchev–Trinajstić information content (AvgIpc) is 3.37. The molecular weight excluding hydrogens is 441 g/mol. The van der Waals surface area contributed by atoms with Crippen molar-refractivity contribution >= 4 is 34.8 Å². The molecule has 0 unspecified atom stereocenters. The predicted octanol–water partition coefficient (Wildman–Crippen LogP) is 6.13. The van der Waals surface area contributed by atoms with Gasteiger partial charge in [-0.05, 0) is 61.5 Å². The molecule has 0 bridgehead atoms. The van der Waals surface area contributed by atoms with Gasteiger partial charge >= 0.3 is 0 Å². The molecule has 4 nitrogen and oxygen atoms in total. The van der Waals surface area contributed by atoms with Crippen LogP contribution in [0.25, 0.3) is 0 Å². The van der Waals surface area contributed by atoms with E-state index >= 15 is 0 Å². The van der Waals surface area contributed by atoms with Crippen molar-refractivity contribution in [1.82, 2.24) is 9.88 Å². The summed E-state index contributed by atoms with van der Waals surface area (Å²) in [4.78, 5) is 6.06. The van der Waals surface area contributed by atoms with Gasteiger partial charge in [-0.3, -0.25) is 0 Å². The lowest BCUT2D eigenvalue weighted by atomic mass is 10.1. The van der Waals surface area contributed by atoms with Crippen LogP contribution in [-0.2, 0) is 13.1 Å². The smallest absolute Gasteiger partial charge is 0.147 e. The van der Waals surface area contributed by atoms with E-state index in [1.165, 1.54) is 42.4 Å². The first-order valence-corrected chi connectivity index (χ1v) is 11.7. The third kappa shape index (κ3) is 5.93. The molecule has 0 amide bonds. The lowest BCUT2D eigenvalue weighted by Gasteiger charge is -2.19. The number of thiazole rings is 1. The van der Waals surface area contributed by atoms with Crippen molar-refractivity contribution in [2.24, 2.45) is 5.92 Å². The van der Waals surface area contributed by atoms with Crippen LogP contribution in [0.5, 0.6) is 0 Å². The molecule has 1 fully saturated rings. The van der Waals surface area contributed by atoms with E-state index in [1.807, 2.05) is 13.1 Å². The summed E-state index contributed by atoms with van der Waals surface area (Å²) in [5.74, 6) is -0.450. The number of hydrogen-bond donors (Lipinski definition) is 2. The molecule has 0 saturated heterocycles. The molecule has 0 atom stereocenters. The van der Waals surface area contributed by atoms with Crippen LogP contribution >= 0.6 is 23.3 Å². The zero-order valence-electron chi connectivity index (χ0n) is 17.0. The number of benzene rings is 2. The monoisotopic (exact) mass is 464 g/mol. The summed E-state index contributed by atoms with van der Waals surface area (Å²) in [6.07, 6.45) is 2.51. The van der Waals surface area contributed by atoms with E-state index in [9.17, 15) is 13.2 Å². The van der Waals surface area contributed by atoms with Gasteiger partial charge < -0.3 is 14.9 Å². The molecule has 1 aliphatic rings. The van der Waals surface area contributed by atoms with Gasteiger partial charge in [-0.1, -0.05) is 12.1 Å². The standard InChI is InChI=1S/C22H23F3N4S2/c1-29(10-14-5-6-14)11-15-3-2-4-18(23)17(15)9-26-16-7-19(24)22(20(25)8-16)31-28-21-12-30-13-27-21/h2-4,7-8,12-14,26,28H,5-6,9-11H2,1H3. The van der Waals surface area contributed by atoms with Crippen molar-refractivity contribution in [2.75, 3.05) is 23.6 Å². The molecular formula is C22H23F3N4S2. The van der Waals surface area contributed by atoms with Crippen LogP contribution in [0.15, 0.2) is 46.1 Å². The van der Waals surface area contributed by atoms with Gasteiger partial charge in [0.1, 0.15) is 28.2 Å². The molecule has 1 heterocycles. The molecule has 0 radical (unpaired) electrons. The predicted molar refractivity (Wildman–Crippen MR) is 121 cm³/mol. The van der Waals surface area contributed by atoms with E-state index in [4.69, 9.17) is 0 Å². The minimum absolute atomic E-state index is 0.141. The molecule has 1 saturated carbocycles. The summed E-state index contributed by atoms with van der Waals surface area (Å²) < 4.78 is 46.3. The molecule has 0 aliphatic heterocycles. The number of aromatic nitrogens is 1. The van der Waals surface area contributed by atoms with Crippen molar-refractivity contribution in [3.05, 3.63) is 69.8 Å². The van der Waals surface area contributed by atoms with Crippen molar-refractivity contribution in [3.8, 4) is 0 Å². The molecule has 0 spiro atoms. The number of halogens is 3. The van der Waals surface area contributed by atoms with Crippen LogP contribution in [0.3, 0.4) is 0 Å². The molecule has 2 N–H and O–H groups in total. The van der Waals surface area contributed by atoms with Crippen LogP contribution in [0, 0.1) is 23.4 Å². The third-order valence-electron chi connectivity index (χ3n) is 5.08. The van der Waals surface area contributed by atoms with E-state index < -0.39 is 11.6 Å². The average molecular weight is 465 g/mol. The number of anilines is 2. The first-order chi connectivity index (χ1) is 15.0. The SMILES string of the molecule is CN(Cc1cccc(F)c1CNc1cc(F)c(SNc2cscn2)c(F)c1)CC1CC1. The summed E-state index contributed by atoms with van der Waals surface area (Å²) in [6, 6.07) is 7.43. The molecule has 3 aromatic rings. The van der Waals surface area contributed by atoms with Gasteiger partial charge in [-0.25, -0.2) is 18.2 Å². The fourth-order valence-corrected chi connectivity index (χ4v) is 4.55. The Morgan fingerprint density at radius 2 is 1.94 bits per heavy atom. The van der Waals surface area contributed by atoms with E-state index in [0.717, 1.165) is 30.0 Å². The fraction of sp³-hybridized carbons (Fsp3) is 0.318. The molecule has 1 aliphatic carbocycles. The highest BCUT2D eigenvalue weighted by Gasteiger charge is 2.23. The maximum Gasteiger partial charge on any atom is 0.147 e. The van der Waals surface area contributed by atoms with Gasteiger partial charge in [-0.15, -0.1) is 11.3 Å². The molecule has 31 heavy (non-hydrogen) atoms. The van der Waals surface area contributed by atoms with Crippen LogP contribution in [0.2, 0.25) is 0 Å². The van der Waals surface area contributed by atoms with E-state index in [1.54, 1.807) is 17.0 Å². The second kappa shape index (κ2) is 9.93. The highest BCUT2D eigenvalue weighted by molar-refractivity contribution is 8.00. The van der Waals surface area contributed by atoms with Crippen molar-refractivity contribution < 1.29 is 13.2 Å². The first-order valence-electron chi connectivity index (χ1n) is 9.98. The summed E-state index contributed by atoms with van der Waals surface area (Å²) in [7, 11) is 2.03. The highest BCUT2D eigenvalue weighted by Crippen LogP contribution is 2.31. The van der Waals surface area contributed by atoms with Crippen molar-refractivity contribution in [2.45, 2.75) is 30.8 Å². The Bertz CT molecular complexity index is 1000. The van der Waals surface area contributed by atoms with Gasteiger partial charge in [0.05, 0.1) is 5.51 Å². The summed E-state index contributed by atoms with van der Waals surface area (Å²) in [6.45, 7) is 1.77. The maximum absolute atomic E-state index is 14.5. The Hall–Kier alpha value is -2.23. The van der Waals surface area contributed by atoms with Gasteiger partial charge in [0.25, 0.3) is 0 Å². The molecule has 164 valence electrons. The Morgan fingerprint density at radius 1 is 1.16 bits per heavy atom. The topological polar surface area (TPSA) is 40.2 Å². The number of hydrogen-bond acceptors (Lipinski definition) is 6. The molecule has 4 rings (SSSR count). The Balaban J connectivity index is 1.42. The molecule has 9 heteroatoms. The Morgan fingerprint density at radius 3 is 2.61 bits per heavy atom. The lowest BCUT2D eigenvalue weighted by molar-refractivity contribution is 0.311. The van der Waals surface area contributed by atoms with Crippen molar-refractivity contribution in [1.29, 1.82) is 0 Å².